The van der Waals surface area contributed by atoms with Crippen LogP contribution in [0.1, 0.15) is 53.9 Å². The summed E-state index contributed by atoms with van der Waals surface area (Å²) in [4.78, 5) is 22.9. The molecule has 0 aliphatic carbocycles. The Hall–Kier alpha value is -2.03. The monoisotopic (exact) mass is 430 g/mol. The Kier molecular flexibility index (Phi) is 6.09. The molecule has 4 rings (SSSR count). The van der Waals surface area contributed by atoms with Crippen molar-refractivity contribution in [2.24, 2.45) is 0 Å². The van der Waals surface area contributed by atoms with E-state index in [0.29, 0.717) is 18.5 Å². The first kappa shape index (κ1) is 21.2. The maximum absolute atomic E-state index is 12.7. The van der Waals surface area contributed by atoms with Crippen molar-refractivity contribution in [1.82, 2.24) is 19.2 Å². The first-order chi connectivity index (χ1) is 14.3. The predicted octanol–water partition coefficient (Wildman–Crippen LogP) is 2.03. The van der Waals surface area contributed by atoms with E-state index in [9.17, 15) is 13.2 Å². The minimum Gasteiger partial charge on any atom is -0.310 e. The number of likely N-dealkylation sites (tertiary alicyclic amines) is 1. The number of rotatable bonds is 5. The van der Waals surface area contributed by atoms with E-state index in [1.165, 1.54) is 21.7 Å². The van der Waals surface area contributed by atoms with Crippen LogP contribution in [-0.2, 0) is 36.0 Å². The molecule has 0 bridgehead atoms. The van der Waals surface area contributed by atoms with Crippen molar-refractivity contribution in [3.63, 3.8) is 0 Å². The average Bonchev–Trinajstić information content (AvgIpc) is 2.73. The lowest BCUT2D eigenvalue weighted by molar-refractivity contribution is 0.196. The van der Waals surface area contributed by atoms with E-state index >= 15 is 0 Å². The molecule has 1 fully saturated rings. The van der Waals surface area contributed by atoms with Crippen LogP contribution in [-0.4, -0.2) is 53.5 Å². The van der Waals surface area contributed by atoms with Gasteiger partial charge in [-0.2, -0.15) is 4.31 Å². The molecule has 8 heteroatoms. The highest BCUT2D eigenvalue weighted by Gasteiger charge is 2.29. The number of piperidine rings is 1. The summed E-state index contributed by atoms with van der Waals surface area (Å²) in [6.45, 7) is 5.47. The number of hydrogen-bond acceptors (Lipinski definition) is 5. The number of hydrogen-bond donors (Lipinski definition) is 1. The number of benzene rings is 1. The fraction of sp³-hybridized carbons (Fsp3) is 0.545. The van der Waals surface area contributed by atoms with Crippen LogP contribution in [0.3, 0.4) is 0 Å². The zero-order valence-corrected chi connectivity index (χ0v) is 18.5. The van der Waals surface area contributed by atoms with Gasteiger partial charge in [-0.1, -0.05) is 31.2 Å². The van der Waals surface area contributed by atoms with Gasteiger partial charge in [-0.05, 0) is 36.9 Å². The number of H-pyrrole nitrogens is 1. The molecule has 2 aliphatic heterocycles. The Labute approximate surface area is 178 Å². The molecule has 1 aromatic carbocycles. The normalized spacial score (nSPS) is 20.8. The minimum atomic E-state index is -3.31. The van der Waals surface area contributed by atoms with Gasteiger partial charge in [-0.3, -0.25) is 9.69 Å². The van der Waals surface area contributed by atoms with E-state index in [0.717, 1.165) is 50.4 Å². The molecule has 0 saturated carbocycles. The Bertz CT molecular complexity index is 1060. The topological polar surface area (TPSA) is 86.4 Å². The van der Waals surface area contributed by atoms with Gasteiger partial charge in [0.15, 0.2) is 0 Å². The molecule has 1 N–H and O–H groups in total. The lowest BCUT2D eigenvalue weighted by Gasteiger charge is -2.33. The van der Waals surface area contributed by atoms with Crippen LogP contribution in [0.4, 0.5) is 0 Å². The van der Waals surface area contributed by atoms with Gasteiger partial charge < -0.3 is 4.98 Å². The maximum atomic E-state index is 12.7. The van der Waals surface area contributed by atoms with E-state index < -0.39 is 10.0 Å². The van der Waals surface area contributed by atoms with Crippen LogP contribution in [0.15, 0.2) is 29.1 Å². The highest BCUT2D eigenvalue weighted by atomic mass is 32.2. The van der Waals surface area contributed by atoms with Gasteiger partial charge >= 0.3 is 0 Å². The lowest BCUT2D eigenvalue weighted by atomic mass is 9.96. The highest BCUT2D eigenvalue weighted by Crippen LogP contribution is 2.26. The number of sulfonamides is 1. The van der Waals surface area contributed by atoms with Crippen molar-refractivity contribution in [3.05, 3.63) is 62.8 Å². The van der Waals surface area contributed by atoms with Crippen molar-refractivity contribution < 1.29 is 8.42 Å². The van der Waals surface area contributed by atoms with Crippen LogP contribution < -0.4 is 5.56 Å². The molecule has 162 valence electrons. The van der Waals surface area contributed by atoms with Gasteiger partial charge in [0.25, 0.3) is 5.56 Å². The Morgan fingerprint density at radius 3 is 2.60 bits per heavy atom. The molecule has 1 atom stereocenters. The summed E-state index contributed by atoms with van der Waals surface area (Å²) in [5, 5.41) is 0. The Morgan fingerprint density at radius 1 is 1.17 bits per heavy atom. The molecular weight excluding hydrogens is 400 g/mol. The van der Waals surface area contributed by atoms with E-state index in [-0.39, 0.29) is 18.0 Å². The minimum absolute atomic E-state index is 0.112. The molecule has 0 amide bonds. The Balaban J connectivity index is 1.48. The van der Waals surface area contributed by atoms with E-state index in [1.807, 2.05) is 0 Å². The second-order valence-electron chi connectivity index (χ2n) is 8.47. The van der Waals surface area contributed by atoms with Crippen LogP contribution >= 0.6 is 0 Å². The van der Waals surface area contributed by atoms with Crippen LogP contribution in [0.5, 0.6) is 0 Å². The van der Waals surface area contributed by atoms with Crippen molar-refractivity contribution >= 4 is 10.0 Å². The standard InChI is InChI=1S/C22H30N4O3S/c1-3-16-6-8-17(9-7-16)13-25-11-4-5-18(14-25)21-23-20-10-12-26(30(2,28)29)15-19(20)22(27)24-21/h6-9,18H,3-5,10-15H2,1-2H3,(H,23,24,27)/t18-/m0/s1. The smallest absolute Gasteiger partial charge is 0.255 e. The Morgan fingerprint density at radius 2 is 1.90 bits per heavy atom. The largest absolute Gasteiger partial charge is 0.310 e. The van der Waals surface area contributed by atoms with Gasteiger partial charge in [0.05, 0.1) is 17.5 Å². The van der Waals surface area contributed by atoms with Gasteiger partial charge in [-0.15, -0.1) is 0 Å². The molecule has 1 aromatic heterocycles. The second kappa shape index (κ2) is 8.61. The van der Waals surface area contributed by atoms with E-state index in [1.54, 1.807) is 0 Å². The summed E-state index contributed by atoms with van der Waals surface area (Å²) in [6, 6.07) is 8.79. The van der Waals surface area contributed by atoms with Crippen molar-refractivity contribution in [2.75, 3.05) is 25.9 Å². The fourth-order valence-corrected chi connectivity index (χ4v) is 5.24. The number of aryl methyl sites for hydroxylation is 1. The maximum Gasteiger partial charge on any atom is 0.255 e. The second-order valence-corrected chi connectivity index (χ2v) is 10.4. The van der Waals surface area contributed by atoms with E-state index in [4.69, 9.17) is 4.98 Å². The van der Waals surface area contributed by atoms with Crippen LogP contribution in [0.25, 0.3) is 0 Å². The third-order valence-corrected chi connectivity index (χ3v) is 7.50. The lowest BCUT2D eigenvalue weighted by Crippen LogP contribution is -2.40. The highest BCUT2D eigenvalue weighted by molar-refractivity contribution is 7.88. The van der Waals surface area contributed by atoms with Crippen molar-refractivity contribution in [3.8, 4) is 0 Å². The SMILES string of the molecule is CCc1ccc(CN2CCC[C@H](c3nc4c(c(=O)[nH]3)CN(S(C)(=O)=O)CC4)C2)cc1. The van der Waals surface area contributed by atoms with E-state index in [2.05, 4.69) is 41.1 Å². The number of fused-ring (bicyclic) bond motifs is 1. The van der Waals surface area contributed by atoms with Crippen LogP contribution in [0, 0.1) is 0 Å². The molecule has 3 heterocycles. The van der Waals surface area contributed by atoms with Gasteiger partial charge in [0.1, 0.15) is 5.82 Å². The zero-order chi connectivity index (χ0) is 21.3. The fourth-order valence-electron chi connectivity index (χ4n) is 4.46. The molecule has 0 unspecified atom stereocenters. The predicted molar refractivity (Wildman–Crippen MR) is 117 cm³/mol. The molecule has 2 aromatic rings. The van der Waals surface area contributed by atoms with Crippen molar-refractivity contribution in [2.45, 2.75) is 51.6 Å². The molecule has 0 spiro atoms. The molecule has 2 aliphatic rings. The third-order valence-electron chi connectivity index (χ3n) is 6.25. The zero-order valence-electron chi connectivity index (χ0n) is 17.7. The number of nitrogens with one attached hydrogen (secondary N) is 1. The molecule has 7 nitrogen and oxygen atoms in total. The molecule has 1 saturated heterocycles. The molecular formula is C22H30N4O3S. The number of aromatic amines is 1. The summed E-state index contributed by atoms with van der Waals surface area (Å²) in [5.74, 6) is 0.942. The summed E-state index contributed by atoms with van der Waals surface area (Å²) in [6.07, 6.45) is 4.79. The van der Waals surface area contributed by atoms with Gasteiger partial charge in [-0.25, -0.2) is 13.4 Å². The quantitative estimate of drug-likeness (QED) is 0.784. The summed E-state index contributed by atoms with van der Waals surface area (Å²) < 4.78 is 25.0. The summed E-state index contributed by atoms with van der Waals surface area (Å²) >= 11 is 0. The van der Waals surface area contributed by atoms with Crippen LogP contribution in [0.2, 0.25) is 0 Å². The average molecular weight is 431 g/mol. The van der Waals surface area contributed by atoms with Crippen molar-refractivity contribution in [1.29, 1.82) is 0 Å². The summed E-state index contributed by atoms with van der Waals surface area (Å²) in [5.41, 5.74) is 3.69. The molecule has 0 radical (unpaired) electrons. The molecule has 30 heavy (non-hydrogen) atoms. The summed E-state index contributed by atoms with van der Waals surface area (Å²) in [7, 11) is -3.31. The number of aromatic nitrogens is 2. The van der Waals surface area contributed by atoms with Gasteiger partial charge in [0.2, 0.25) is 10.0 Å². The third kappa shape index (κ3) is 4.66. The number of nitrogens with zero attached hydrogens (tertiary/aromatic N) is 3. The first-order valence-corrected chi connectivity index (χ1v) is 12.6. The first-order valence-electron chi connectivity index (χ1n) is 10.7. The van der Waals surface area contributed by atoms with Gasteiger partial charge in [0, 0.05) is 38.5 Å².